The van der Waals surface area contributed by atoms with Crippen LogP contribution in [-0.2, 0) is 16.0 Å². The lowest BCUT2D eigenvalue weighted by Crippen LogP contribution is -2.29. The van der Waals surface area contributed by atoms with Gasteiger partial charge in [0.05, 0.1) is 21.7 Å². The van der Waals surface area contributed by atoms with Gasteiger partial charge in [-0.3, -0.25) is 14.9 Å². The molecule has 0 fully saturated rings. The zero-order valence-electron chi connectivity index (χ0n) is 22.5. The monoisotopic (exact) mass is 555 g/mol. The molecule has 2 aromatic heterocycles. The molecule has 1 aliphatic rings. The van der Waals surface area contributed by atoms with Crippen LogP contribution >= 0.6 is 11.3 Å². The van der Waals surface area contributed by atoms with E-state index in [-0.39, 0.29) is 17.0 Å². The summed E-state index contributed by atoms with van der Waals surface area (Å²) in [6.07, 6.45) is 3.67. The first-order valence-electron chi connectivity index (χ1n) is 13.0. The molecule has 2 aromatic carbocycles. The van der Waals surface area contributed by atoms with E-state index in [0.29, 0.717) is 28.6 Å². The van der Waals surface area contributed by atoms with Crippen molar-refractivity contribution in [3.8, 4) is 0 Å². The average molecular weight is 556 g/mol. The van der Waals surface area contributed by atoms with Gasteiger partial charge in [-0.05, 0) is 71.0 Å². The van der Waals surface area contributed by atoms with Crippen LogP contribution in [0.5, 0.6) is 0 Å². The van der Waals surface area contributed by atoms with E-state index in [4.69, 9.17) is 9.72 Å². The molecule has 0 saturated carbocycles. The second-order valence-electron chi connectivity index (χ2n) is 10.9. The SMILES string of the molecule is CC(C)(C)[C@H]1C/C(=C/c2cccs2)c2nc3ccccc3c(C(=O)OCC(=O)Nc3ccc([N+](=O)[O-])cc3)c2C1. The van der Waals surface area contributed by atoms with Crippen molar-refractivity contribution in [2.45, 2.75) is 33.6 Å². The average Bonchev–Trinajstić information content (AvgIpc) is 3.43. The highest BCUT2D eigenvalue weighted by atomic mass is 32.1. The fraction of sp³-hybridized carbons (Fsp3) is 0.258. The van der Waals surface area contributed by atoms with Crippen molar-refractivity contribution in [1.29, 1.82) is 0 Å². The topological polar surface area (TPSA) is 111 Å². The number of hydrogen-bond donors (Lipinski definition) is 1. The summed E-state index contributed by atoms with van der Waals surface area (Å²) in [6, 6.07) is 17.0. The molecule has 0 bridgehead atoms. The van der Waals surface area contributed by atoms with Crippen LogP contribution in [0.25, 0.3) is 22.6 Å². The normalized spacial score (nSPS) is 16.0. The summed E-state index contributed by atoms with van der Waals surface area (Å²) >= 11 is 1.65. The number of thiophene rings is 1. The number of ether oxygens (including phenoxy) is 1. The van der Waals surface area contributed by atoms with Gasteiger partial charge in [-0.25, -0.2) is 9.78 Å². The van der Waals surface area contributed by atoms with Crippen LogP contribution in [0.15, 0.2) is 66.0 Å². The van der Waals surface area contributed by atoms with Gasteiger partial charge in [0.15, 0.2) is 6.61 Å². The van der Waals surface area contributed by atoms with Crippen LogP contribution in [-0.4, -0.2) is 28.4 Å². The quantitative estimate of drug-likeness (QED) is 0.154. The van der Waals surface area contributed by atoms with Gasteiger partial charge in [-0.1, -0.05) is 45.0 Å². The first kappa shape index (κ1) is 27.2. The third-order valence-electron chi connectivity index (χ3n) is 7.20. The molecule has 4 aromatic rings. The Kier molecular flexibility index (Phi) is 7.49. The number of aromatic nitrogens is 1. The minimum atomic E-state index is -0.585. The first-order valence-corrected chi connectivity index (χ1v) is 13.9. The fourth-order valence-electron chi connectivity index (χ4n) is 4.98. The summed E-state index contributed by atoms with van der Waals surface area (Å²) in [5, 5.41) is 16.2. The van der Waals surface area contributed by atoms with E-state index in [1.165, 1.54) is 24.3 Å². The van der Waals surface area contributed by atoms with Crippen LogP contribution in [0.2, 0.25) is 0 Å². The molecule has 0 aliphatic heterocycles. The highest BCUT2D eigenvalue weighted by Crippen LogP contribution is 2.45. The third kappa shape index (κ3) is 5.79. The largest absolute Gasteiger partial charge is 0.452 e. The van der Waals surface area contributed by atoms with Crippen molar-refractivity contribution in [3.05, 3.63) is 97.9 Å². The van der Waals surface area contributed by atoms with Gasteiger partial charge in [-0.2, -0.15) is 0 Å². The Morgan fingerprint density at radius 2 is 1.85 bits per heavy atom. The Bertz CT molecular complexity index is 1620. The molecule has 5 rings (SSSR count). The lowest BCUT2D eigenvalue weighted by Gasteiger charge is -2.36. The van der Waals surface area contributed by atoms with Crippen molar-refractivity contribution < 1.29 is 19.2 Å². The Hall–Kier alpha value is -4.37. The molecule has 2 heterocycles. The molecule has 9 heteroatoms. The van der Waals surface area contributed by atoms with Gasteiger partial charge in [-0.15, -0.1) is 11.3 Å². The van der Waals surface area contributed by atoms with Gasteiger partial charge in [0.25, 0.3) is 11.6 Å². The molecule has 0 saturated heterocycles. The van der Waals surface area contributed by atoms with Gasteiger partial charge in [0.1, 0.15) is 0 Å². The van der Waals surface area contributed by atoms with Gasteiger partial charge < -0.3 is 10.1 Å². The molecular formula is C31H29N3O5S. The van der Waals surface area contributed by atoms with Gasteiger partial charge >= 0.3 is 5.97 Å². The number of allylic oxidation sites excluding steroid dienone is 1. The second-order valence-corrected chi connectivity index (χ2v) is 11.9. The van der Waals surface area contributed by atoms with Crippen molar-refractivity contribution >= 4 is 57.1 Å². The number of pyridine rings is 1. The molecule has 1 aliphatic carbocycles. The lowest BCUT2D eigenvalue weighted by atomic mass is 9.69. The number of anilines is 1. The van der Waals surface area contributed by atoms with Crippen LogP contribution in [0.3, 0.4) is 0 Å². The minimum absolute atomic E-state index is 0.0102. The van der Waals surface area contributed by atoms with Gasteiger partial charge in [0, 0.05) is 28.1 Å². The summed E-state index contributed by atoms with van der Waals surface area (Å²) in [7, 11) is 0. The summed E-state index contributed by atoms with van der Waals surface area (Å²) in [5.41, 5.74) is 4.13. The Balaban J connectivity index is 1.48. The third-order valence-corrected chi connectivity index (χ3v) is 8.02. The zero-order chi connectivity index (χ0) is 28.4. The molecule has 0 radical (unpaired) electrons. The van der Waals surface area contributed by atoms with E-state index in [0.717, 1.165) is 28.1 Å². The number of nitro benzene ring substituents is 1. The number of carbonyl (C=O) groups excluding carboxylic acids is 2. The maximum Gasteiger partial charge on any atom is 0.339 e. The molecule has 0 spiro atoms. The Morgan fingerprint density at radius 3 is 2.52 bits per heavy atom. The van der Waals surface area contributed by atoms with E-state index in [9.17, 15) is 19.7 Å². The van der Waals surface area contributed by atoms with Crippen molar-refractivity contribution in [2.75, 3.05) is 11.9 Å². The summed E-state index contributed by atoms with van der Waals surface area (Å²) < 4.78 is 5.56. The first-order chi connectivity index (χ1) is 19.1. The van der Waals surface area contributed by atoms with E-state index in [1.807, 2.05) is 35.7 Å². The summed E-state index contributed by atoms with van der Waals surface area (Å²) in [4.78, 5) is 42.7. The fourth-order valence-corrected chi connectivity index (χ4v) is 5.66. The number of para-hydroxylation sites is 1. The number of nitro groups is 1. The molecule has 40 heavy (non-hydrogen) atoms. The van der Waals surface area contributed by atoms with E-state index >= 15 is 0 Å². The number of fused-ring (bicyclic) bond motifs is 2. The second kappa shape index (κ2) is 11.0. The molecule has 1 amide bonds. The Labute approximate surface area is 235 Å². The Morgan fingerprint density at radius 1 is 1.10 bits per heavy atom. The van der Waals surface area contributed by atoms with E-state index in [1.54, 1.807) is 11.3 Å². The minimum Gasteiger partial charge on any atom is -0.452 e. The zero-order valence-corrected chi connectivity index (χ0v) is 23.3. The number of rotatable bonds is 6. The molecule has 1 atom stereocenters. The van der Waals surface area contributed by atoms with Crippen LogP contribution in [0.1, 0.15) is 53.7 Å². The van der Waals surface area contributed by atoms with E-state index < -0.39 is 23.4 Å². The number of benzene rings is 2. The maximum absolute atomic E-state index is 13.7. The number of non-ortho nitro benzene ring substituents is 1. The molecule has 8 nitrogen and oxygen atoms in total. The predicted octanol–water partition coefficient (Wildman–Crippen LogP) is 7.15. The highest BCUT2D eigenvalue weighted by molar-refractivity contribution is 7.10. The number of amides is 1. The van der Waals surface area contributed by atoms with Crippen LogP contribution in [0, 0.1) is 21.4 Å². The van der Waals surface area contributed by atoms with Crippen LogP contribution in [0.4, 0.5) is 11.4 Å². The summed E-state index contributed by atoms with van der Waals surface area (Å²) in [6.45, 7) is 6.13. The highest BCUT2D eigenvalue weighted by Gasteiger charge is 2.35. The van der Waals surface area contributed by atoms with Crippen molar-refractivity contribution in [1.82, 2.24) is 4.98 Å². The molecule has 1 N–H and O–H groups in total. The predicted molar refractivity (Wildman–Crippen MR) is 157 cm³/mol. The molecule has 0 unspecified atom stereocenters. The van der Waals surface area contributed by atoms with Crippen LogP contribution < -0.4 is 5.32 Å². The number of esters is 1. The van der Waals surface area contributed by atoms with Crippen molar-refractivity contribution in [2.24, 2.45) is 11.3 Å². The number of nitrogens with one attached hydrogen (secondary N) is 1. The van der Waals surface area contributed by atoms with Gasteiger partial charge in [0.2, 0.25) is 0 Å². The maximum atomic E-state index is 13.7. The van der Waals surface area contributed by atoms with Crippen molar-refractivity contribution in [3.63, 3.8) is 0 Å². The number of carbonyl (C=O) groups is 2. The molecular weight excluding hydrogens is 526 g/mol. The number of hydrogen-bond acceptors (Lipinski definition) is 7. The molecule has 204 valence electrons. The summed E-state index contributed by atoms with van der Waals surface area (Å²) in [5.74, 6) is -0.856. The smallest absolute Gasteiger partial charge is 0.339 e. The van der Waals surface area contributed by atoms with E-state index in [2.05, 4.69) is 38.2 Å². The lowest BCUT2D eigenvalue weighted by molar-refractivity contribution is -0.384. The number of nitrogens with zero attached hydrogens (tertiary/aromatic N) is 2. The standard InChI is InChI=1S/C31H29N3O5S/c1-31(2,3)20-15-19(16-23-7-6-14-40-23)29-25(17-20)28(24-8-4-5-9-26(24)33-29)30(36)39-18-27(35)32-21-10-12-22(13-11-21)34(37)38/h4-14,16,20H,15,17-18H2,1-3H3,(H,32,35)/b19-16-/t20-/m0/s1.